The first-order chi connectivity index (χ1) is 19.8. The molecule has 0 bridgehead atoms. The molecule has 2 aliphatic rings. The van der Waals surface area contributed by atoms with Crippen LogP contribution in [0.4, 0.5) is 17.5 Å². The van der Waals surface area contributed by atoms with E-state index in [-0.39, 0.29) is 47.5 Å². The lowest BCUT2D eigenvalue weighted by Crippen LogP contribution is -2.48. The average molecular weight is 562 g/mol. The predicted octanol–water partition coefficient (Wildman–Crippen LogP) is 2.55. The molecule has 3 aromatic heterocycles. The fourth-order valence-electron chi connectivity index (χ4n) is 5.77. The summed E-state index contributed by atoms with van der Waals surface area (Å²) in [6.45, 7) is 5.03. The quantitative estimate of drug-likeness (QED) is 0.373. The van der Waals surface area contributed by atoms with Crippen molar-refractivity contribution in [3.05, 3.63) is 46.0 Å². The van der Waals surface area contributed by atoms with E-state index in [1.54, 1.807) is 28.8 Å². The molecule has 0 radical (unpaired) electrons. The highest BCUT2D eigenvalue weighted by Crippen LogP contribution is 2.32. The van der Waals surface area contributed by atoms with Crippen LogP contribution in [0.2, 0.25) is 0 Å². The Morgan fingerprint density at radius 2 is 1.76 bits per heavy atom. The van der Waals surface area contributed by atoms with E-state index >= 15 is 0 Å². The van der Waals surface area contributed by atoms with Gasteiger partial charge >= 0.3 is 0 Å². The minimum atomic E-state index is -0.533. The van der Waals surface area contributed by atoms with E-state index in [9.17, 15) is 19.2 Å². The lowest BCUT2D eigenvalue weighted by molar-refractivity contribution is -0.133. The molecular weight excluding hydrogens is 526 g/mol. The van der Waals surface area contributed by atoms with Crippen molar-refractivity contribution in [2.75, 3.05) is 43.0 Å². The number of rotatable bonds is 9. The van der Waals surface area contributed by atoms with E-state index in [2.05, 4.69) is 20.2 Å². The second-order valence-electron chi connectivity index (χ2n) is 10.7. The third-order valence-corrected chi connectivity index (χ3v) is 8.03. The molecule has 1 aliphatic carbocycles. The lowest BCUT2D eigenvalue weighted by Gasteiger charge is -2.36. The number of amides is 1. The Balaban J connectivity index is 1.30. The number of Topliss-reactive ketones (excluding diaryl/α,β-unsaturated/α-hetero) is 2. The molecule has 12 heteroatoms. The maximum atomic E-state index is 13.4. The molecular formula is C29H35N7O5. The average Bonchev–Trinajstić information content (AvgIpc) is 3.50. The highest BCUT2D eigenvalue weighted by molar-refractivity contribution is 5.99. The molecule has 12 nitrogen and oxygen atoms in total. The predicted molar refractivity (Wildman–Crippen MR) is 154 cm³/mol. The number of pyridine rings is 2. The summed E-state index contributed by atoms with van der Waals surface area (Å²) in [6.07, 6.45) is 7.40. The minimum Gasteiger partial charge on any atom is -0.389 e. The Kier molecular flexibility index (Phi) is 8.39. The molecule has 5 rings (SSSR count). The van der Waals surface area contributed by atoms with Gasteiger partial charge in [0.1, 0.15) is 18.1 Å². The van der Waals surface area contributed by atoms with Crippen LogP contribution < -0.4 is 15.8 Å². The summed E-state index contributed by atoms with van der Waals surface area (Å²) in [5.74, 6) is 0.194. The van der Waals surface area contributed by atoms with Gasteiger partial charge in [-0.25, -0.2) is 9.97 Å². The number of aromatic nitrogens is 4. The van der Waals surface area contributed by atoms with Gasteiger partial charge in [0.05, 0.1) is 17.4 Å². The van der Waals surface area contributed by atoms with Crippen LogP contribution in [0.5, 0.6) is 0 Å². The van der Waals surface area contributed by atoms with E-state index in [4.69, 9.17) is 10.1 Å². The highest BCUT2D eigenvalue weighted by atomic mass is 16.3. The Bertz CT molecular complexity index is 1520. The molecule has 0 spiro atoms. The van der Waals surface area contributed by atoms with E-state index in [0.717, 1.165) is 31.4 Å². The first-order valence-electron chi connectivity index (χ1n) is 14.1. The summed E-state index contributed by atoms with van der Waals surface area (Å²) in [6, 6.07) is 3.77. The van der Waals surface area contributed by atoms with Crippen LogP contribution in [-0.4, -0.2) is 79.8 Å². The zero-order valence-electron chi connectivity index (χ0n) is 23.4. The number of piperazine rings is 1. The van der Waals surface area contributed by atoms with Gasteiger partial charge in [-0.2, -0.15) is 4.98 Å². The summed E-state index contributed by atoms with van der Waals surface area (Å²) in [5, 5.41) is 12.7. The van der Waals surface area contributed by atoms with Crippen LogP contribution in [-0.2, 0) is 9.59 Å². The number of nitrogens with one attached hydrogen (secondary N) is 1. The van der Waals surface area contributed by atoms with Crippen molar-refractivity contribution in [3.63, 3.8) is 0 Å². The van der Waals surface area contributed by atoms with Crippen molar-refractivity contribution in [1.29, 1.82) is 0 Å². The maximum absolute atomic E-state index is 13.4. The molecule has 2 fully saturated rings. The molecule has 0 aromatic carbocycles. The molecule has 41 heavy (non-hydrogen) atoms. The number of aryl methyl sites for hydroxylation is 1. The van der Waals surface area contributed by atoms with E-state index in [0.29, 0.717) is 54.5 Å². The molecule has 1 saturated heterocycles. The number of carbonyl (C=O) groups is 3. The van der Waals surface area contributed by atoms with Gasteiger partial charge in [-0.1, -0.05) is 12.8 Å². The van der Waals surface area contributed by atoms with Crippen molar-refractivity contribution in [2.24, 2.45) is 0 Å². The number of ketones is 2. The zero-order chi connectivity index (χ0) is 29.1. The summed E-state index contributed by atoms with van der Waals surface area (Å²) in [5.41, 5.74) is 1.95. The van der Waals surface area contributed by atoms with E-state index in [1.165, 1.54) is 6.92 Å². The number of hydrogen-bond donors (Lipinski definition) is 2. The Labute approximate surface area is 237 Å². The summed E-state index contributed by atoms with van der Waals surface area (Å²) in [7, 11) is 0. The molecule has 216 valence electrons. The van der Waals surface area contributed by atoms with Crippen molar-refractivity contribution in [1.82, 2.24) is 24.4 Å². The Hall–Kier alpha value is -4.19. The molecule has 1 saturated carbocycles. The summed E-state index contributed by atoms with van der Waals surface area (Å²) in [4.78, 5) is 67.0. The lowest BCUT2D eigenvalue weighted by atomic mass is 10.0. The van der Waals surface area contributed by atoms with Gasteiger partial charge < -0.3 is 20.2 Å². The third kappa shape index (κ3) is 5.97. The van der Waals surface area contributed by atoms with E-state index in [1.807, 2.05) is 12.1 Å². The van der Waals surface area contributed by atoms with Gasteiger partial charge in [0.2, 0.25) is 11.9 Å². The number of carbonyl (C=O) groups excluding carboxylic acids is 3. The Morgan fingerprint density at radius 3 is 2.39 bits per heavy atom. The number of fused-ring (bicyclic) bond motifs is 1. The largest absolute Gasteiger partial charge is 0.389 e. The van der Waals surface area contributed by atoms with Crippen molar-refractivity contribution < 1.29 is 19.5 Å². The third-order valence-electron chi connectivity index (χ3n) is 8.03. The van der Waals surface area contributed by atoms with Crippen LogP contribution in [0.25, 0.3) is 11.0 Å². The Morgan fingerprint density at radius 1 is 1.02 bits per heavy atom. The number of nitrogens with zero attached hydrogens (tertiary/aromatic N) is 6. The van der Waals surface area contributed by atoms with Crippen LogP contribution >= 0.6 is 0 Å². The fourth-order valence-corrected chi connectivity index (χ4v) is 5.77. The first-order valence-corrected chi connectivity index (χ1v) is 14.1. The molecule has 4 heterocycles. The van der Waals surface area contributed by atoms with Gasteiger partial charge in [0.15, 0.2) is 11.6 Å². The van der Waals surface area contributed by atoms with Crippen LogP contribution in [0.1, 0.15) is 67.4 Å². The van der Waals surface area contributed by atoms with Crippen LogP contribution in [0, 0.1) is 6.92 Å². The maximum Gasteiger partial charge on any atom is 0.263 e. The summed E-state index contributed by atoms with van der Waals surface area (Å²) >= 11 is 0. The van der Waals surface area contributed by atoms with Gasteiger partial charge in [-0.3, -0.25) is 23.7 Å². The molecule has 3 aromatic rings. The van der Waals surface area contributed by atoms with Gasteiger partial charge in [-0.05, 0) is 44.4 Å². The van der Waals surface area contributed by atoms with Crippen molar-refractivity contribution in [2.45, 2.75) is 58.4 Å². The SMILES string of the molecule is CC(=O)c1c(C)c2cnc(Nc3ccc(N4CCN(C(=O)CCC(=O)CO)CC4)cn3)nc2n(C2CCCC2)c1=O. The zero-order valence-corrected chi connectivity index (χ0v) is 23.4. The second-order valence-corrected chi connectivity index (χ2v) is 10.7. The first kappa shape index (κ1) is 28.3. The second kappa shape index (κ2) is 12.1. The number of aliphatic hydroxyl groups excluding tert-OH is 1. The standard InChI is InChI=1S/C29H35N7O5/c1-18-23-16-31-29(33-27(23)36(20-5-3-4-6-20)28(41)26(18)19(2)38)32-24-9-7-21(15-30-24)34-11-13-35(14-12-34)25(40)10-8-22(39)17-37/h7,9,15-16,20,37H,3-6,8,10-14,17H2,1-2H3,(H,30,31,32,33). The number of anilines is 3. The van der Waals surface area contributed by atoms with Crippen LogP contribution in [0.15, 0.2) is 29.3 Å². The molecule has 0 atom stereocenters. The number of hydrogen-bond acceptors (Lipinski definition) is 10. The normalized spacial score (nSPS) is 15.9. The molecule has 1 amide bonds. The molecule has 1 aliphatic heterocycles. The number of aliphatic hydroxyl groups is 1. The smallest absolute Gasteiger partial charge is 0.263 e. The van der Waals surface area contributed by atoms with E-state index < -0.39 is 6.61 Å². The van der Waals surface area contributed by atoms with Gasteiger partial charge in [0, 0.05) is 56.6 Å². The summed E-state index contributed by atoms with van der Waals surface area (Å²) < 4.78 is 1.68. The van der Waals surface area contributed by atoms with Gasteiger partial charge in [0.25, 0.3) is 5.56 Å². The van der Waals surface area contributed by atoms with Crippen molar-refractivity contribution in [3.8, 4) is 0 Å². The van der Waals surface area contributed by atoms with Crippen molar-refractivity contribution >= 4 is 46.0 Å². The highest BCUT2D eigenvalue weighted by Gasteiger charge is 2.26. The monoisotopic (exact) mass is 561 g/mol. The topological polar surface area (TPSA) is 151 Å². The fraction of sp³-hybridized carbons (Fsp3) is 0.483. The van der Waals surface area contributed by atoms with Gasteiger partial charge in [-0.15, -0.1) is 0 Å². The van der Waals surface area contributed by atoms with Crippen LogP contribution in [0.3, 0.4) is 0 Å². The molecule has 2 N–H and O–H groups in total. The molecule has 0 unspecified atom stereocenters. The minimum absolute atomic E-state index is 0.00245.